The van der Waals surface area contributed by atoms with E-state index in [4.69, 9.17) is 16.6 Å². The molecule has 1 aromatic carbocycles. The van der Waals surface area contributed by atoms with Crippen LogP contribution in [0, 0.1) is 15.3 Å². The molecule has 9 heteroatoms. The van der Waals surface area contributed by atoms with Gasteiger partial charge in [-0.1, -0.05) is 42.2 Å². The van der Waals surface area contributed by atoms with Gasteiger partial charge in [0.15, 0.2) is 6.21 Å². The highest BCUT2D eigenvalue weighted by atomic mass is 32.2. The van der Waals surface area contributed by atoms with E-state index >= 15 is 0 Å². The van der Waals surface area contributed by atoms with Crippen LogP contribution in [-0.2, 0) is 0 Å². The first-order valence-corrected chi connectivity index (χ1v) is 9.30. The molecule has 1 aliphatic rings. The van der Waals surface area contributed by atoms with E-state index in [1.807, 2.05) is 49.1 Å². The van der Waals surface area contributed by atoms with Crippen molar-refractivity contribution in [3.8, 4) is 0 Å². The molecule has 27 heavy (non-hydrogen) atoms. The number of hydrogen-bond donors (Lipinski definition) is 0. The van der Waals surface area contributed by atoms with Gasteiger partial charge in [-0.3, -0.25) is 15.0 Å². The molecule has 0 aliphatic carbocycles. The lowest BCUT2D eigenvalue weighted by molar-refractivity contribution is -0.497. The highest BCUT2D eigenvalue weighted by Crippen LogP contribution is 2.43. The molecule has 7 nitrogen and oxygen atoms in total. The fraction of sp³-hybridized carbons (Fsp3) is 0.222. The summed E-state index contributed by atoms with van der Waals surface area (Å²) in [5.74, 6) is -0.0515. The Labute approximate surface area is 165 Å². The number of hydrogen-bond acceptors (Lipinski definition) is 6. The number of anilines is 1. The normalized spacial score (nSPS) is 19.8. The molecule has 1 saturated heterocycles. The minimum absolute atomic E-state index is 0.293. The van der Waals surface area contributed by atoms with Gasteiger partial charge in [0.25, 0.3) is 6.17 Å². The third kappa shape index (κ3) is 4.04. The third-order valence-electron chi connectivity index (χ3n) is 3.97. The molecule has 0 N–H and O–H groups in total. The number of allylic oxidation sites excluding steroid dienone is 1. The van der Waals surface area contributed by atoms with Crippen LogP contribution in [0.4, 0.5) is 11.6 Å². The number of furan rings is 1. The summed E-state index contributed by atoms with van der Waals surface area (Å²) in [6.07, 6.45) is 3.83. The Bertz CT molecular complexity index is 922. The summed E-state index contributed by atoms with van der Waals surface area (Å²) in [5.41, 5.74) is 0.852. The molecule has 1 unspecified atom stereocenters. The van der Waals surface area contributed by atoms with E-state index in [-0.39, 0.29) is 5.88 Å². The van der Waals surface area contributed by atoms with E-state index < -0.39 is 15.8 Å². The molecule has 0 radical (unpaired) electrons. The highest BCUT2D eigenvalue weighted by Gasteiger charge is 2.51. The van der Waals surface area contributed by atoms with Gasteiger partial charge in [0, 0.05) is 11.8 Å². The first kappa shape index (κ1) is 19.1. The molecule has 0 spiro atoms. The van der Waals surface area contributed by atoms with E-state index in [0.717, 1.165) is 10.4 Å². The predicted molar refractivity (Wildman–Crippen MR) is 111 cm³/mol. The Hall–Kier alpha value is -2.65. The Balaban J connectivity index is 1.86. The number of nitro groups is 1. The monoisotopic (exact) mass is 403 g/mol. The molecule has 2 aromatic rings. The van der Waals surface area contributed by atoms with Crippen molar-refractivity contribution in [2.75, 3.05) is 4.90 Å². The van der Waals surface area contributed by atoms with Gasteiger partial charge >= 0.3 is 5.88 Å². The van der Waals surface area contributed by atoms with Crippen LogP contribution in [0.15, 0.2) is 53.0 Å². The lowest BCUT2D eigenvalue weighted by Gasteiger charge is -2.29. The van der Waals surface area contributed by atoms with Gasteiger partial charge in [-0.05, 0) is 38.1 Å². The maximum atomic E-state index is 12.9. The summed E-state index contributed by atoms with van der Waals surface area (Å²) >= 11 is 6.97. The van der Waals surface area contributed by atoms with Crippen LogP contribution in [-0.4, -0.2) is 31.1 Å². The summed E-state index contributed by atoms with van der Waals surface area (Å²) in [6, 6.07) is 12.3. The van der Waals surface area contributed by atoms with Gasteiger partial charge in [0.2, 0.25) is 0 Å². The predicted octanol–water partition coefficient (Wildman–Crippen LogP) is 4.43. The van der Waals surface area contributed by atoms with Crippen molar-refractivity contribution in [2.24, 2.45) is 0 Å². The van der Waals surface area contributed by atoms with E-state index in [1.165, 1.54) is 42.3 Å². The number of thiocarbonyl (C=S) groups is 1. The fourth-order valence-corrected chi connectivity index (χ4v) is 4.75. The molecule has 1 fully saturated rings. The van der Waals surface area contributed by atoms with Crippen molar-refractivity contribution >= 4 is 52.2 Å². The van der Waals surface area contributed by atoms with Crippen molar-refractivity contribution in [2.45, 2.75) is 24.8 Å². The standard InChI is InChI=1S/C18H17N3O4S2/c1-18(2)16(20(17(26)27-18)13-7-4-3-5-8-13)19(22)12-6-9-14-10-11-15(25-14)21(23)24/h3-12,16H,1-2H3. The largest absolute Gasteiger partial charge is 0.622 e. The zero-order chi connectivity index (χ0) is 19.6. The zero-order valence-corrected chi connectivity index (χ0v) is 16.3. The molecule has 1 atom stereocenters. The van der Waals surface area contributed by atoms with E-state index in [0.29, 0.717) is 10.1 Å². The molecule has 1 aromatic heterocycles. The number of benzene rings is 1. The average molecular weight is 403 g/mol. The van der Waals surface area contributed by atoms with Crippen molar-refractivity contribution < 1.29 is 14.1 Å². The van der Waals surface area contributed by atoms with E-state index in [9.17, 15) is 15.3 Å². The summed E-state index contributed by atoms with van der Waals surface area (Å²) in [5, 5.41) is 23.5. The van der Waals surface area contributed by atoms with Crippen molar-refractivity contribution in [1.82, 2.24) is 0 Å². The van der Waals surface area contributed by atoms with Gasteiger partial charge < -0.3 is 9.62 Å². The number of hydroxylamine groups is 1. The number of rotatable bonds is 5. The second kappa shape index (κ2) is 7.53. The molecular weight excluding hydrogens is 386 g/mol. The van der Waals surface area contributed by atoms with Crippen LogP contribution < -0.4 is 4.90 Å². The van der Waals surface area contributed by atoms with Gasteiger partial charge in [-0.25, -0.2) is 0 Å². The quantitative estimate of drug-likeness (QED) is 0.182. The maximum absolute atomic E-state index is 12.9. The van der Waals surface area contributed by atoms with Gasteiger partial charge in [-0.2, -0.15) is 4.74 Å². The van der Waals surface area contributed by atoms with Crippen LogP contribution in [0.3, 0.4) is 0 Å². The Morgan fingerprint density at radius 3 is 2.56 bits per heavy atom. The average Bonchev–Trinajstić information content (AvgIpc) is 3.17. The van der Waals surface area contributed by atoms with Gasteiger partial charge in [0.05, 0.1) is 6.07 Å². The van der Waals surface area contributed by atoms with Crippen molar-refractivity contribution in [3.63, 3.8) is 0 Å². The molecule has 0 amide bonds. The molecule has 140 valence electrons. The van der Waals surface area contributed by atoms with Crippen LogP contribution in [0.25, 0.3) is 6.08 Å². The number of para-hydroxylation sites is 1. The van der Waals surface area contributed by atoms with Gasteiger partial charge in [-0.15, -0.1) is 0 Å². The van der Waals surface area contributed by atoms with E-state index in [2.05, 4.69) is 0 Å². The summed E-state index contributed by atoms with van der Waals surface area (Å²) < 4.78 is 6.09. The molecule has 1 aliphatic heterocycles. The topological polar surface area (TPSA) is 85.6 Å². The third-order valence-corrected chi connectivity index (χ3v) is 5.53. The Morgan fingerprint density at radius 2 is 1.93 bits per heavy atom. The summed E-state index contributed by atoms with van der Waals surface area (Å²) in [6.45, 7) is 3.94. The Morgan fingerprint density at radius 1 is 1.22 bits per heavy atom. The second-order valence-corrected chi connectivity index (χ2v) is 8.64. The summed E-state index contributed by atoms with van der Waals surface area (Å²) in [4.78, 5) is 11.9. The highest BCUT2D eigenvalue weighted by molar-refractivity contribution is 8.24. The minimum atomic E-state index is -0.613. The lowest BCUT2D eigenvalue weighted by Crippen LogP contribution is -2.48. The lowest BCUT2D eigenvalue weighted by atomic mass is 10.1. The smallest absolute Gasteiger partial charge is 0.433 e. The maximum Gasteiger partial charge on any atom is 0.433 e. The number of thioether (sulfide) groups is 1. The molecule has 2 heterocycles. The minimum Gasteiger partial charge on any atom is -0.622 e. The number of nitrogens with zero attached hydrogens (tertiary/aromatic N) is 3. The zero-order valence-electron chi connectivity index (χ0n) is 14.6. The molecular formula is C18H17N3O4S2. The SMILES string of the molecule is CC1(C)SC(=S)N(c2ccccc2)C1[N+]([O-])=CC=Cc1ccc([N+](=O)[O-])o1. The fourth-order valence-electron chi connectivity index (χ4n) is 2.83. The van der Waals surface area contributed by atoms with Crippen LogP contribution in [0.1, 0.15) is 19.6 Å². The first-order chi connectivity index (χ1) is 12.8. The first-order valence-electron chi connectivity index (χ1n) is 8.08. The van der Waals surface area contributed by atoms with E-state index in [1.54, 1.807) is 0 Å². The van der Waals surface area contributed by atoms with Crippen LogP contribution in [0.2, 0.25) is 0 Å². The molecule has 0 bridgehead atoms. The van der Waals surface area contributed by atoms with Gasteiger partial charge in [0.1, 0.15) is 19.8 Å². The summed E-state index contributed by atoms with van der Waals surface area (Å²) in [7, 11) is 0. The second-order valence-electron chi connectivity index (χ2n) is 6.35. The van der Waals surface area contributed by atoms with Crippen LogP contribution in [0.5, 0.6) is 0 Å². The van der Waals surface area contributed by atoms with Crippen molar-refractivity contribution in [3.05, 3.63) is 69.6 Å². The molecule has 0 saturated carbocycles. The molecule has 3 rings (SSSR count). The van der Waals surface area contributed by atoms with Crippen LogP contribution >= 0.6 is 24.0 Å². The van der Waals surface area contributed by atoms with Crippen molar-refractivity contribution in [1.29, 1.82) is 0 Å². The Kier molecular flexibility index (Phi) is 5.33.